The van der Waals surface area contributed by atoms with Crippen molar-refractivity contribution in [2.24, 2.45) is 0 Å². The minimum atomic E-state index is -0.191. The number of hydrogen-bond donors (Lipinski definition) is 2. The van der Waals surface area contributed by atoms with Crippen LogP contribution >= 0.6 is 15.9 Å². The van der Waals surface area contributed by atoms with E-state index in [0.29, 0.717) is 18.1 Å². The van der Waals surface area contributed by atoms with Crippen LogP contribution in [0.5, 0.6) is 0 Å². The first-order chi connectivity index (χ1) is 11.0. The normalized spacial score (nSPS) is 10.6. The molecule has 0 aliphatic carbocycles. The zero-order valence-corrected chi connectivity index (χ0v) is 14.8. The summed E-state index contributed by atoms with van der Waals surface area (Å²) in [6.07, 6.45) is 2.28. The van der Waals surface area contributed by atoms with Gasteiger partial charge in [-0.3, -0.25) is 4.79 Å². The third kappa shape index (κ3) is 5.96. The lowest BCUT2D eigenvalue weighted by molar-refractivity contribution is 0.0947. The van der Waals surface area contributed by atoms with Gasteiger partial charge >= 0.3 is 0 Å². The average Bonchev–Trinajstić information content (AvgIpc) is 2.51. The van der Waals surface area contributed by atoms with Gasteiger partial charge in [-0.15, -0.1) is 0 Å². The van der Waals surface area contributed by atoms with Crippen molar-refractivity contribution in [1.82, 2.24) is 20.2 Å². The average molecular weight is 378 g/mol. The number of halogens is 1. The van der Waals surface area contributed by atoms with Crippen molar-refractivity contribution in [1.29, 1.82) is 0 Å². The predicted molar refractivity (Wildman–Crippen MR) is 95.0 cm³/mol. The maximum absolute atomic E-state index is 12.1. The topological polar surface area (TPSA) is 70.2 Å². The first-order valence-electron chi connectivity index (χ1n) is 7.32. The largest absolute Gasteiger partial charge is 0.351 e. The molecule has 23 heavy (non-hydrogen) atoms. The summed E-state index contributed by atoms with van der Waals surface area (Å²) in [6.45, 7) is 1.55. The molecule has 0 fully saturated rings. The van der Waals surface area contributed by atoms with Gasteiger partial charge in [-0.1, -0.05) is 22.0 Å². The fourth-order valence-electron chi connectivity index (χ4n) is 1.95. The van der Waals surface area contributed by atoms with E-state index in [1.807, 2.05) is 38.4 Å². The monoisotopic (exact) mass is 377 g/mol. The van der Waals surface area contributed by atoms with Crippen LogP contribution in [0.4, 0.5) is 11.5 Å². The molecule has 2 N–H and O–H groups in total. The molecular formula is C16H20BrN5O. The van der Waals surface area contributed by atoms with E-state index in [4.69, 9.17) is 0 Å². The highest BCUT2D eigenvalue weighted by molar-refractivity contribution is 9.10. The summed E-state index contributed by atoms with van der Waals surface area (Å²) in [7, 11) is 4.01. The first kappa shape index (κ1) is 17.4. The molecule has 1 aromatic heterocycles. The molecule has 0 bridgehead atoms. The zero-order chi connectivity index (χ0) is 16.7. The maximum atomic E-state index is 12.1. The Hall–Kier alpha value is -1.99. The van der Waals surface area contributed by atoms with Gasteiger partial charge in [0.15, 0.2) is 0 Å². The number of aromatic nitrogens is 2. The molecule has 122 valence electrons. The number of carbonyl (C=O) groups is 1. The Labute approximate surface area is 144 Å². The second-order valence-electron chi connectivity index (χ2n) is 5.34. The van der Waals surface area contributed by atoms with Gasteiger partial charge in [0.1, 0.15) is 17.8 Å². The first-order valence-corrected chi connectivity index (χ1v) is 8.11. The van der Waals surface area contributed by atoms with Gasteiger partial charge < -0.3 is 15.5 Å². The summed E-state index contributed by atoms with van der Waals surface area (Å²) in [5.41, 5.74) is 1.23. The Morgan fingerprint density at radius 1 is 1.26 bits per heavy atom. The number of nitrogens with one attached hydrogen (secondary N) is 2. The molecule has 7 heteroatoms. The highest BCUT2D eigenvalue weighted by atomic mass is 79.9. The molecule has 1 amide bonds. The van der Waals surface area contributed by atoms with Crippen LogP contribution in [0.25, 0.3) is 0 Å². The fourth-order valence-corrected chi connectivity index (χ4v) is 2.35. The molecule has 0 aliphatic heterocycles. The van der Waals surface area contributed by atoms with E-state index < -0.39 is 0 Å². The van der Waals surface area contributed by atoms with Gasteiger partial charge in [0.2, 0.25) is 0 Å². The number of anilines is 2. The van der Waals surface area contributed by atoms with Crippen molar-refractivity contribution in [2.75, 3.05) is 32.5 Å². The highest BCUT2D eigenvalue weighted by Gasteiger charge is 2.08. The Kier molecular flexibility index (Phi) is 6.49. The quantitative estimate of drug-likeness (QED) is 0.725. The molecule has 0 saturated heterocycles. The molecule has 0 unspecified atom stereocenters. The number of rotatable bonds is 7. The van der Waals surface area contributed by atoms with Crippen LogP contribution in [0.15, 0.2) is 41.1 Å². The molecule has 6 nitrogen and oxygen atoms in total. The van der Waals surface area contributed by atoms with E-state index in [1.54, 1.807) is 6.07 Å². The third-order valence-corrected chi connectivity index (χ3v) is 3.56. The molecule has 0 spiro atoms. The van der Waals surface area contributed by atoms with Crippen molar-refractivity contribution in [3.63, 3.8) is 0 Å². The van der Waals surface area contributed by atoms with E-state index in [0.717, 1.165) is 23.1 Å². The van der Waals surface area contributed by atoms with Crippen LogP contribution in [0.1, 0.15) is 16.9 Å². The molecule has 1 aromatic carbocycles. The summed E-state index contributed by atoms with van der Waals surface area (Å²) in [5, 5.41) is 6.02. The Bertz CT molecular complexity index is 662. The second kappa shape index (κ2) is 8.59. The van der Waals surface area contributed by atoms with E-state index in [-0.39, 0.29) is 5.91 Å². The van der Waals surface area contributed by atoms with Crippen LogP contribution < -0.4 is 10.6 Å². The molecule has 0 saturated carbocycles. The minimum absolute atomic E-state index is 0.191. The summed E-state index contributed by atoms with van der Waals surface area (Å²) in [5.74, 6) is 0.389. The van der Waals surface area contributed by atoms with Gasteiger partial charge in [0, 0.05) is 22.8 Å². The van der Waals surface area contributed by atoms with Gasteiger partial charge in [-0.05, 0) is 45.3 Å². The smallest absolute Gasteiger partial charge is 0.270 e. The number of nitrogens with zero attached hydrogens (tertiary/aromatic N) is 3. The van der Waals surface area contributed by atoms with Crippen LogP contribution in [-0.2, 0) is 0 Å². The number of benzene rings is 1. The summed E-state index contributed by atoms with van der Waals surface area (Å²) >= 11 is 3.42. The fraction of sp³-hybridized carbons (Fsp3) is 0.312. The van der Waals surface area contributed by atoms with Gasteiger partial charge in [0.25, 0.3) is 5.91 Å². The maximum Gasteiger partial charge on any atom is 0.270 e. The Balaban J connectivity index is 1.95. The molecule has 0 radical (unpaired) electrons. The second-order valence-corrected chi connectivity index (χ2v) is 6.25. The molecule has 0 atom stereocenters. The molecule has 1 heterocycles. The van der Waals surface area contributed by atoms with Crippen LogP contribution in [0.2, 0.25) is 0 Å². The SMILES string of the molecule is CN(C)CCCNC(=O)c1cc(Nc2cccc(Br)c2)ncn1. The van der Waals surface area contributed by atoms with E-state index >= 15 is 0 Å². The van der Waals surface area contributed by atoms with Crippen molar-refractivity contribution >= 4 is 33.3 Å². The summed E-state index contributed by atoms with van der Waals surface area (Å²) in [4.78, 5) is 22.3. The number of hydrogen-bond acceptors (Lipinski definition) is 5. The Morgan fingerprint density at radius 2 is 2.09 bits per heavy atom. The standard InChI is InChI=1S/C16H20BrN5O/c1-22(2)8-4-7-18-16(23)14-10-15(20-11-19-14)21-13-6-3-5-12(17)9-13/h3,5-6,9-11H,4,7-8H2,1-2H3,(H,18,23)(H,19,20,21). The van der Waals surface area contributed by atoms with E-state index in [9.17, 15) is 4.79 Å². The lowest BCUT2D eigenvalue weighted by atomic mass is 10.3. The van der Waals surface area contributed by atoms with Gasteiger partial charge in [-0.25, -0.2) is 9.97 Å². The van der Waals surface area contributed by atoms with Crippen LogP contribution in [-0.4, -0.2) is 48.0 Å². The van der Waals surface area contributed by atoms with Gasteiger partial charge in [-0.2, -0.15) is 0 Å². The van der Waals surface area contributed by atoms with Crippen LogP contribution in [0.3, 0.4) is 0 Å². The molecule has 2 aromatic rings. The minimum Gasteiger partial charge on any atom is -0.351 e. The summed E-state index contributed by atoms with van der Waals surface area (Å²) < 4.78 is 0.968. The number of amides is 1. The van der Waals surface area contributed by atoms with Crippen molar-refractivity contribution in [2.45, 2.75) is 6.42 Å². The van der Waals surface area contributed by atoms with Crippen molar-refractivity contribution in [3.05, 3.63) is 46.8 Å². The lowest BCUT2D eigenvalue weighted by Crippen LogP contribution is -2.27. The molecule has 2 rings (SSSR count). The zero-order valence-electron chi connectivity index (χ0n) is 13.2. The summed E-state index contributed by atoms with van der Waals surface area (Å²) in [6, 6.07) is 9.36. The third-order valence-electron chi connectivity index (χ3n) is 3.06. The highest BCUT2D eigenvalue weighted by Crippen LogP contribution is 2.19. The predicted octanol–water partition coefficient (Wildman–Crippen LogP) is 2.66. The Morgan fingerprint density at radius 3 is 2.83 bits per heavy atom. The molecular weight excluding hydrogens is 358 g/mol. The van der Waals surface area contributed by atoms with Crippen molar-refractivity contribution in [3.8, 4) is 0 Å². The van der Waals surface area contributed by atoms with Gasteiger partial charge in [0.05, 0.1) is 0 Å². The van der Waals surface area contributed by atoms with Crippen LogP contribution in [0, 0.1) is 0 Å². The number of carbonyl (C=O) groups excluding carboxylic acids is 1. The van der Waals surface area contributed by atoms with Crippen molar-refractivity contribution < 1.29 is 4.79 Å². The van der Waals surface area contributed by atoms with E-state index in [1.165, 1.54) is 6.33 Å². The lowest BCUT2D eigenvalue weighted by Gasteiger charge is -2.10. The molecule has 0 aliphatic rings. The van der Waals surface area contributed by atoms with E-state index in [2.05, 4.69) is 41.4 Å².